The Bertz CT molecular complexity index is 254. The molecule has 2 rings (SSSR count). The summed E-state index contributed by atoms with van der Waals surface area (Å²) in [6, 6.07) is 0.335. The van der Waals surface area contributed by atoms with Crippen LogP contribution in [0.5, 0.6) is 0 Å². The van der Waals surface area contributed by atoms with E-state index in [1.807, 2.05) is 11.8 Å². The smallest absolute Gasteiger partial charge is 0.222 e. The first-order chi connectivity index (χ1) is 7.23. The van der Waals surface area contributed by atoms with E-state index < -0.39 is 0 Å². The first-order valence-corrected chi connectivity index (χ1v) is 6.14. The van der Waals surface area contributed by atoms with Gasteiger partial charge in [-0.3, -0.25) is 4.79 Å². The maximum Gasteiger partial charge on any atom is 0.222 e. The quantitative estimate of drug-likeness (QED) is 0.769. The zero-order valence-corrected chi connectivity index (χ0v) is 9.54. The Balaban J connectivity index is 2.08. The molecule has 1 amide bonds. The summed E-state index contributed by atoms with van der Waals surface area (Å²) < 4.78 is 0. The number of carbonyl (C=O) groups is 1. The van der Waals surface area contributed by atoms with Crippen molar-refractivity contribution in [3.8, 4) is 0 Å². The van der Waals surface area contributed by atoms with Gasteiger partial charge in [0.1, 0.15) is 0 Å². The zero-order valence-electron chi connectivity index (χ0n) is 9.54. The monoisotopic (exact) mass is 211 g/mol. The molecule has 1 aliphatic heterocycles. The van der Waals surface area contributed by atoms with Crippen molar-refractivity contribution in [2.75, 3.05) is 13.2 Å². The van der Waals surface area contributed by atoms with Crippen LogP contribution in [0.15, 0.2) is 0 Å². The predicted molar refractivity (Wildman–Crippen MR) is 58.4 cm³/mol. The van der Waals surface area contributed by atoms with Crippen LogP contribution in [0, 0.1) is 5.41 Å². The third-order valence-corrected chi connectivity index (χ3v) is 4.19. The highest BCUT2D eigenvalue weighted by Crippen LogP contribution is 2.48. The van der Waals surface area contributed by atoms with Crippen molar-refractivity contribution < 1.29 is 9.90 Å². The number of rotatable bonds is 3. The summed E-state index contributed by atoms with van der Waals surface area (Å²) in [5, 5.41) is 9.52. The van der Waals surface area contributed by atoms with Gasteiger partial charge in [-0.1, -0.05) is 13.3 Å². The second-order valence-corrected chi connectivity index (χ2v) is 5.02. The molecular weight excluding hydrogens is 190 g/mol. The molecule has 0 aromatic rings. The molecule has 86 valence electrons. The van der Waals surface area contributed by atoms with E-state index in [4.69, 9.17) is 0 Å². The Labute approximate surface area is 91.5 Å². The van der Waals surface area contributed by atoms with Gasteiger partial charge in [0.15, 0.2) is 0 Å². The van der Waals surface area contributed by atoms with Crippen LogP contribution in [0.4, 0.5) is 0 Å². The zero-order chi connectivity index (χ0) is 10.9. The largest absolute Gasteiger partial charge is 0.396 e. The predicted octanol–water partition coefficient (Wildman–Crippen LogP) is 1.55. The number of aliphatic hydroxyl groups excluding tert-OH is 1. The number of carbonyl (C=O) groups excluding carboxylic acids is 1. The fraction of sp³-hybridized carbons (Fsp3) is 0.917. The normalized spacial score (nSPS) is 34.5. The molecule has 3 nitrogen and oxygen atoms in total. The average Bonchev–Trinajstić information content (AvgIpc) is 2.75. The molecule has 0 spiro atoms. The second-order valence-electron chi connectivity index (χ2n) is 5.02. The SMILES string of the molecule is CCCC(=O)N1CCC2(CO)CCCC12. The third kappa shape index (κ3) is 1.67. The van der Waals surface area contributed by atoms with Gasteiger partial charge in [0.2, 0.25) is 5.91 Å². The summed E-state index contributed by atoms with van der Waals surface area (Å²) in [6.07, 6.45) is 5.96. The number of likely N-dealkylation sites (tertiary alicyclic amines) is 1. The summed E-state index contributed by atoms with van der Waals surface area (Å²) in [7, 11) is 0. The molecule has 0 aromatic carbocycles. The summed E-state index contributed by atoms with van der Waals surface area (Å²) in [4.78, 5) is 13.9. The fourth-order valence-corrected chi connectivity index (χ4v) is 3.32. The van der Waals surface area contributed by atoms with Crippen LogP contribution in [-0.4, -0.2) is 35.1 Å². The van der Waals surface area contributed by atoms with E-state index >= 15 is 0 Å². The lowest BCUT2D eigenvalue weighted by atomic mass is 9.83. The summed E-state index contributed by atoms with van der Waals surface area (Å²) >= 11 is 0. The van der Waals surface area contributed by atoms with Crippen molar-refractivity contribution >= 4 is 5.91 Å². The number of hydrogen-bond acceptors (Lipinski definition) is 2. The van der Waals surface area contributed by atoms with Crippen LogP contribution >= 0.6 is 0 Å². The molecule has 1 saturated carbocycles. The van der Waals surface area contributed by atoms with Crippen molar-refractivity contribution in [2.45, 2.75) is 51.5 Å². The molecule has 1 saturated heterocycles. The summed E-state index contributed by atoms with van der Waals surface area (Å²) in [5.74, 6) is 0.291. The van der Waals surface area contributed by atoms with Gasteiger partial charge in [-0.15, -0.1) is 0 Å². The topological polar surface area (TPSA) is 40.5 Å². The number of hydrogen-bond donors (Lipinski definition) is 1. The molecule has 1 heterocycles. The highest BCUT2D eigenvalue weighted by atomic mass is 16.3. The summed E-state index contributed by atoms with van der Waals surface area (Å²) in [5.41, 5.74) is 0.0589. The Morgan fingerprint density at radius 2 is 2.33 bits per heavy atom. The number of nitrogens with zero attached hydrogens (tertiary/aromatic N) is 1. The first kappa shape index (κ1) is 10.9. The molecule has 2 unspecified atom stereocenters. The minimum atomic E-state index is 0.0589. The fourth-order valence-electron chi connectivity index (χ4n) is 3.32. The van der Waals surface area contributed by atoms with E-state index in [1.165, 1.54) is 6.42 Å². The van der Waals surface area contributed by atoms with Crippen molar-refractivity contribution in [2.24, 2.45) is 5.41 Å². The van der Waals surface area contributed by atoms with Gasteiger partial charge in [-0.25, -0.2) is 0 Å². The van der Waals surface area contributed by atoms with Crippen molar-refractivity contribution in [1.82, 2.24) is 4.90 Å². The van der Waals surface area contributed by atoms with E-state index in [0.717, 1.165) is 32.2 Å². The first-order valence-electron chi connectivity index (χ1n) is 6.14. The Morgan fingerprint density at radius 3 is 3.00 bits per heavy atom. The van der Waals surface area contributed by atoms with Gasteiger partial charge in [0.25, 0.3) is 0 Å². The van der Waals surface area contributed by atoms with Gasteiger partial charge in [0, 0.05) is 24.4 Å². The average molecular weight is 211 g/mol. The standard InChI is InChI=1S/C12H21NO2/c1-2-4-11(15)13-8-7-12(9-14)6-3-5-10(12)13/h10,14H,2-9H2,1H3. The molecule has 2 fully saturated rings. The Kier molecular flexibility index (Phi) is 3.01. The molecule has 0 bridgehead atoms. The van der Waals surface area contributed by atoms with Crippen molar-refractivity contribution in [3.63, 3.8) is 0 Å². The minimum Gasteiger partial charge on any atom is -0.396 e. The van der Waals surface area contributed by atoms with Crippen LogP contribution < -0.4 is 0 Å². The number of aliphatic hydroxyl groups is 1. The molecule has 0 radical (unpaired) electrons. The maximum absolute atomic E-state index is 11.9. The van der Waals surface area contributed by atoms with Crippen LogP contribution in [0.25, 0.3) is 0 Å². The highest BCUT2D eigenvalue weighted by molar-refractivity contribution is 5.77. The Hall–Kier alpha value is -0.570. The van der Waals surface area contributed by atoms with Crippen LogP contribution in [-0.2, 0) is 4.79 Å². The minimum absolute atomic E-state index is 0.0589. The van der Waals surface area contributed by atoms with Gasteiger partial charge in [-0.2, -0.15) is 0 Å². The number of fused-ring (bicyclic) bond motifs is 1. The summed E-state index contributed by atoms with van der Waals surface area (Å²) in [6.45, 7) is 3.17. The molecule has 2 atom stereocenters. The van der Waals surface area contributed by atoms with Crippen LogP contribution in [0.2, 0.25) is 0 Å². The molecule has 1 N–H and O–H groups in total. The second kappa shape index (κ2) is 4.12. The van der Waals surface area contributed by atoms with Crippen LogP contribution in [0.1, 0.15) is 45.4 Å². The molecule has 0 aromatic heterocycles. The third-order valence-electron chi connectivity index (χ3n) is 4.19. The Morgan fingerprint density at radius 1 is 1.53 bits per heavy atom. The van der Waals surface area contributed by atoms with Gasteiger partial charge in [0.05, 0.1) is 6.61 Å². The molecular formula is C12H21NO2. The van der Waals surface area contributed by atoms with Crippen molar-refractivity contribution in [1.29, 1.82) is 0 Å². The molecule has 15 heavy (non-hydrogen) atoms. The molecule has 3 heteroatoms. The van der Waals surface area contributed by atoms with Crippen LogP contribution in [0.3, 0.4) is 0 Å². The van der Waals surface area contributed by atoms with E-state index in [2.05, 4.69) is 0 Å². The van der Waals surface area contributed by atoms with E-state index in [-0.39, 0.29) is 12.0 Å². The molecule has 1 aliphatic carbocycles. The van der Waals surface area contributed by atoms with E-state index in [1.54, 1.807) is 0 Å². The van der Waals surface area contributed by atoms with E-state index in [9.17, 15) is 9.90 Å². The lowest BCUT2D eigenvalue weighted by Gasteiger charge is -2.30. The lowest BCUT2D eigenvalue weighted by Crippen LogP contribution is -2.40. The number of amides is 1. The van der Waals surface area contributed by atoms with E-state index in [0.29, 0.717) is 18.4 Å². The van der Waals surface area contributed by atoms with Gasteiger partial charge in [-0.05, 0) is 25.7 Å². The highest BCUT2D eigenvalue weighted by Gasteiger charge is 2.50. The maximum atomic E-state index is 11.9. The van der Waals surface area contributed by atoms with Gasteiger partial charge < -0.3 is 10.0 Å². The van der Waals surface area contributed by atoms with Gasteiger partial charge >= 0.3 is 0 Å². The van der Waals surface area contributed by atoms with Crippen molar-refractivity contribution in [3.05, 3.63) is 0 Å². The lowest BCUT2D eigenvalue weighted by molar-refractivity contribution is -0.132. The molecule has 2 aliphatic rings.